The van der Waals surface area contributed by atoms with Gasteiger partial charge in [0.25, 0.3) is 5.91 Å². The minimum atomic E-state index is -0.552. The smallest absolute Gasteiger partial charge is 0.270 e. The number of carbonyl (C=O) groups excluding carboxylic acids is 2. The first kappa shape index (κ1) is 16.0. The Kier molecular flexibility index (Phi) is 4.63. The van der Waals surface area contributed by atoms with Crippen LogP contribution in [0.4, 0.5) is 0 Å². The van der Waals surface area contributed by atoms with Crippen molar-refractivity contribution in [3.8, 4) is 0 Å². The van der Waals surface area contributed by atoms with Gasteiger partial charge in [-0.3, -0.25) is 9.59 Å². The van der Waals surface area contributed by atoms with Crippen molar-refractivity contribution in [1.82, 2.24) is 9.88 Å². The Morgan fingerprint density at radius 1 is 1.30 bits per heavy atom. The van der Waals surface area contributed by atoms with Gasteiger partial charge in [-0.1, -0.05) is 23.7 Å². The van der Waals surface area contributed by atoms with Crippen molar-refractivity contribution in [2.75, 3.05) is 18.1 Å². The lowest BCUT2D eigenvalue weighted by Crippen LogP contribution is -2.40. The molecule has 120 valence electrons. The number of thioether (sulfide) groups is 1. The van der Waals surface area contributed by atoms with Crippen molar-refractivity contribution >= 4 is 35.2 Å². The van der Waals surface area contributed by atoms with E-state index in [-0.39, 0.29) is 11.9 Å². The van der Waals surface area contributed by atoms with Gasteiger partial charge >= 0.3 is 0 Å². The summed E-state index contributed by atoms with van der Waals surface area (Å²) < 4.78 is 0. The maximum atomic E-state index is 12.8. The molecule has 0 radical (unpaired) electrons. The van der Waals surface area contributed by atoms with Crippen LogP contribution in [0.15, 0.2) is 36.5 Å². The summed E-state index contributed by atoms with van der Waals surface area (Å²) in [5.41, 5.74) is 6.98. The quantitative estimate of drug-likeness (QED) is 0.894. The number of aromatic nitrogens is 1. The number of carbonyl (C=O) groups is 2. The van der Waals surface area contributed by atoms with Gasteiger partial charge in [0.15, 0.2) is 0 Å². The highest BCUT2D eigenvalue weighted by Crippen LogP contribution is 2.31. The van der Waals surface area contributed by atoms with Crippen LogP contribution < -0.4 is 5.73 Å². The van der Waals surface area contributed by atoms with Crippen LogP contribution in [0.2, 0.25) is 5.02 Å². The van der Waals surface area contributed by atoms with Gasteiger partial charge < -0.3 is 15.6 Å². The van der Waals surface area contributed by atoms with E-state index in [2.05, 4.69) is 4.98 Å². The number of halogens is 1. The van der Waals surface area contributed by atoms with Gasteiger partial charge in [-0.15, -0.1) is 0 Å². The summed E-state index contributed by atoms with van der Waals surface area (Å²) in [7, 11) is 0. The van der Waals surface area contributed by atoms with Crippen LogP contribution >= 0.6 is 23.4 Å². The zero-order valence-electron chi connectivity index (χ0n) is 12.3. The molecule has 3 N–H and O–H groups in total. The van der Waals surface area contributed by atoms with Crippen LogP contribution in [0.1, 0.15) is 32.5 Å². The van der Waals surface area contributed by atoms with Crippen LogP contribution in [0.5, 0.6) is 0 Å². The van der Waals surface area contributed by atoms with Crippen LogP contribution in [-0.2, 0) is 0 Å². The predicted octanol–water partition coefficient (Wildman–Crippen LogP) is 2.70. The molecule has 1 atom stereocenters. The van der Waals surface area contributed by atoms with E-state index in [1.807, 2.05) is 40.9 Å². The third kappa shape index (κ3) is 3.38. The summed E-state index contributed by atoms with van der Waals surface area (Å²) in [6, 6.07) is 9.05. The highest BCUT2D eigenvalue weighted by atomic mass is 35.5. The number of primary amides is 1. The topological polar surface area (TPSA) is 79.2 Å². The molecule has 1 aliphatic rings. The molecule has 7 heteroatoms. The molecule has 0 unspecified atom stereocenters. The Labute approximate surface area is 143 Å². The number of nitrogens with two attached hydrogens (primary N) is 1. The monoisotopic (exact) mass is 349 g/mol. The summed E-state index contributed by atoms with van der Waals surface area (Å²) in [6.45, 7) is 0.654. The Hall–Kier alpha value is -1.92. The average molecular weight is 350 g/mol. The first-order valence-corrected chi connectivity index (χ1v) is 8.72. The van der Waals surface area contributed by atoms with Crippen molar-refractivity contribution in [3.05, 3.63) is 58.4 Å². The Morgan fingerprint density at radius 3 is 2.70 bits per heavy atom. The van der Waals surface area contributed by atoms with Crippen LogP contribution in [0.3, 0.4) is 0 Å². The number of aromatic amines is 1. The zero-order chi connectivity index (χ0) is 16.4. The van der Waals surface area contributed by atoms with E-state index in [1.54, 1.807) is 0 Å². The lowest BCUT2D eigenvalue weighted by Gasteiger charge is -2.35. The molecule has 2 aromatic rings. The van der Waals surface area contributed by atoms with E-state index in [1.165, 1.54) is 12.3 Å². The van der Waals surface area contributed by atoms with Crippen molar-refractivity contribution in [1.29, 1.82) is 0 Å². The van der Waals surface area contributed by atoms with Gasteiger partial charge in [0.05, 0.1) is 11.6 Å². The highest BCUT2D eigenvalue weighted by molar-refractivity contribution is 7.99. The SMILES string of the molecule is NC(=O)c1c[nH]c(C(=O)N2CCSC[C@H]2c2ccc(Cl)cc2)c1. The second-order valence-electron chi connectivity index (χ2n) is 5.31. The number of rotatable bonds is 3. The summed E-state index contributed by atoms with van der Waals surface area (Å²) in [5, 5.41) is 0.672. The molecular weight excluding hydrogens is 334 g/mol. The van der Waals surface area contributed by atoms with Gasteiger partial charge in [-0.25, -0.2) is 0 Å². The number of hydrogen-bond donors (Lipinski definition) is 2. The van der Waals surface area contributed by atoms with Crippen molar-refractivity contribution in [3.63, 3.8) is 0 Å². The fourth-order valence-electron chi connectivity index (χ4n) is 2.62. The van der Waals surface area contributed by atoms with Crippen molar-refractivity contribution < 1.29 is 9.59 Å². The zero-order valence-corrected chi connectivity index (χ0v) is 13.9. The lowest BCUT2D eigenvalue weighted by molar-refractivity contribution is 0.0696. The second-order valence-corrected chi connectivity index (χ2v) is 6.89. The molecule has 2 heterocycles. The third-order valence-electron chi connectivity index (χ3n) is 3.84. The predicted molar refractivity (Wildman–Crippen MR) is 91.9 cm³/mol. The Bertz CT molecular complexity index is 729. The van der Waals surface area contributed by atoms with E-state index >= 15 is 0 Å². The molecule has 1 fully saturated rings. The van der Waals surface area contributed by atoms with Crippen LogP contribution in [0, 0.1) is 0 Å². The largest absolute Gasteiger partial charge is 0.366 e. The average Bonchev–Trinajstić information content (AvgIpc) is 3.05. The minimum absolute atomic E-state index is 0.0150. The maximum absolute atomic E-state index is 12.8. The molecular formula is C16H16ClN3O2S. The fourth-order valence-corrected chi connectivity index (χ4v) is 3.84. The fraction of sp³-hybridized carbons (Fsp3) is 0.250. The van der Waals surface area contributed by atoms with E-state index < -0.39 is 5.91 Å². The van der Waals surface area contributed by atoms with Crippen molar-refractivity contribution in [2.24, 2.45) is 5.73 Å². The van der Waals surface area contributed by atoms with Gasteiger partial charge in [0.2, 0.25) is 5.91 Å². The third-order valence-corrected chi connectivity index (χ3v) is 5.12. The molecule has 0 saturated carbocycles. The molecule has 1 saturated heterocycles. The maximum Gasteiger partial charge on any atom is 0.270 e. The Balaban J connectivity index is 1.86. The molecule has 1 aliphatic heterocycles. The molecule has 0 aliphatic carbocycles. The van der Waals surface area contributed by atoms with Crippen molar-refractivity contribution in [2.45, 2.75) is 6.04 Å². The molecule has 3 rings (SSSR count). The first-order chi connectivity index (χ1) is 11.1. The van der Waals surface area contributed by atoms with E-state index in [0.717, 1.165) is 17.1 Å². The van der Waals surface area contributed by atoms with Crippen LogP contribution in [0.25, 0.3) is 0 Å². The summed E-state index contributed by atoms with van der Waals surface area (Å²) >= 11 is 7.76. The minimum Gasteiger partial charge on any atom is -0.366 e. The summed E-state index contributed by atoms with van der Waals surface area (Å²) in [6.07, 6.45) is 1.46. The lowest BCUT2D eigenvalue weighted by atomic mass is 10.1. The molecule has 2 amide bonds. The normalized spacial score (nSPS) is 18.0. The molecule has 5 nitrogen and oxygen atoms in total. The highest BCUT2D eigenvalue weighted by Gasteiger charge is 2.29. The van der Waals surface area contributed by atoms with E-state index in [9.17, 15) is 9.59 Å². The number of amides is 2. The standard InChI is InChI=1S/C16H16ClN3O2S/c17-12-3-1-10(2-4-12)14-9-23-6-5-20(14)16(22)13-7-11(8-19-13)15(18)21/h1-4,7-8,14,19H,5-6,9H2,(H2,18,21)/t14-/m0/s1. The molecule has 23 heavy (non-hydrogen) atoms. The van der Waals surface area contributed by atoms with Gasteiger partial charge in [0, 0.05) is 29.3 Å². The molecule has 1 aromatic carbocycles. The van der Waals surface area contributed by atoms with Gasteiger partial charge in [0.1, 0.15) is 5.69 Å². The molecule has 0 spiro atoms. The number of H-pyrrole nitrogens is 1. The number of nitrogens with one attached hydrogen (secondary N) is 1. The van der Waals surface area contributed by atoms with Gasteiger partial charge in [-0.2, -0.15) is 11.8 Å². The van der Waals surface area contributed by atoms with Gasteiger partial charge in [-0.05, 0) is 23.8 Å². The summed E-state index contributed by atoms with van der Waals surface area (Å²) in [5.74, 6) is 1.04. The van der Waals surface area contributed by atoms with E-state index in [0.29, 0.717) is 22.8 Å². The summed E-state index contributed by atoms with van der Waals surface area (Å²) in [4.78, 5) is 28.7. The number of benzene rings is 1. The number of hydrogen-bond acceptors (Lipinski definition) is 3. The number of nitrogens with zero attached hydrogens (tertiary/aromatic N) is 1. The second kappa shape index (κ2) is 6.68. The molecule has 0 bridgehead atoms. The van der Waals surface area contributed by atoms with E-state index in [4.69, 9.17) is 17.3 Å². The first-order valence-electron chi connectivity index (χ1n) is 7.18. The Morgan fingerprint density at radius 2 is 2.04 bits per heavy atom. The van der Waals surface area contributed by atoms with Crippen LogP contribution in [-0.4, -0.2) is 39.7 Å². The molecule has 1 aromatic heterocycles.